The third kappa shape index (κ3) is 3.93. The van der Waals surface area contributed by atoms with E-state index in [0.29, 0.717) is 28.5 Å². The Hall–Kier alpha value is -3.31. The van der Waals surface area contributed by atoms with Crippen LogP contribution in [-0.2, 0) is 4.79 Å². The number of anilines is 1. The van der Waals surface area contributed by atoms with E-state index < -0.39 is 5.91 Å². The lowest BCUT2D eigenvalue weighted by atomic mass is 10.2. The molecule has 136 valence electrons. The highest BCUT2D eigenvalue weighted by Crippen LogP contribution is 2.30. The van der Waals surface area contributed by atoms with Crippen LogP contribution in [0.4, 0.5) is 5.69 Å². The predicted octanol–water partition coefficient (Wildman–Crippen LogP) is 3.66. The van der Waals surface area contributed by atoms with Gasteiger partial charge < -0.3 is 14.8 Å². The van der Waals surface area contributed by atoms with Gasteiger partial charge in [-0.15, -0.1) is 0 Å². The van der Waals surface area contributed by atoms with Crippen LogP contribution in [0, 0.1) is 11.3 Å². The molecule has 0 aliphatic carbocycles. The Morgan fingerprint density at radius 1 is 1.26 bits per heavy atom. The van der Waals surface area contributed by atoms with Crippen LogP contribution in [0.2, 0.25) is 0 Å². The van der Waals surface area contributed by atoms with Gasteiger partial charge in [0.25, 0.3) is 5.91 Å². The first-order valence-electron chi connectivity index (χ1n) is 7.83. The zero-order valence-corrected chi connectivity index (χ0v) is 16.1. The fourth-order valence-electron chi connectivity index (χ4n) is 2.49. The number of ether oxygens (including phenoxy) is 2. The van der Waals surface area contributed by atoms with Crippen molar-refractivity contribution >= 4 is 39.2 Å². The molecule has 7 nitrogen and oxygen atoms in total. The van der Waals surface area contributed by atoms with Crippen molar-refractivity contribution in [3.63, 3.8) is 0 Å². The molecule has 2 aromatic heterocycles. The summed E-state index contributed by atoms with van der Waals surface area (Å²) in [5, 5.41) is 12.1. The van der Waals surface area contributed by atoms with Crippen LogP contribution in [0.5, 0.6) is 11.5 Å². The maximum absolute atomic E-state index is 12.5. The fourth-order valence-corrected chi connectivity index (χ4v) is 2.83. The van der Waals surface area contributed by atoms with Crippen LogP contribution < -0.4 is 14.8 Å². The van der Waals surface area contributed by atoms with Crippen LogP contribution in [0.15, 0.2) is 52.8 Å². The average Bonchev–Trinajstić information content (AvgIpc) is 3.07. The average molecular weight is 427 g/mol. The molecule has 8 heteroatoms. The number of aromatic nitrogens is 2. The molecule has 0 unspecified atom stereocenters. The minimum atomic E-state index is -0.533. The van der Waals surface area contributed by atoms with Gasteiger partial charge >= 0.3 is 0 Å². The molecule has 0 bridgehead atoms. The number of carbonyl (C=O) groups excluding carboxylic acids is 1. The van der Waals surface area contributed by atoms with Gasteiger partial charge in [0, 0.05) is 22.4 Å². The van der Waals surface area contributed by atoms with E-state index in [1.54, 1.807) is 28.8 Å². The smallest absolute Gasteiger partial charge is 0.266 e. The van der Waals surface area contributed by atoms with Crippen LogP contribution in [0.25, 0.3) is 11.7 Å². The van der Waals surface area contributed by atoms with Gasteiger partial charge in [-0.05, 0) is 46.3 Å². The molecule has 0 atom stereocenters. The van der Waals surface area contributed by atoms with Gasteiger partial charge in [0.15, 0.2) is 11.5 Å². The molecule has 3 rings (SSSR count). The summed E-state index contributed by atoms with van der Waals surface area (Å²) in [6.07, 6.45) is 4.90. The third-order valence-electron chi connectivity index (χ3n) is 3.80. The van der Waals surface area contributed by atoms with Crippen LogP contribution in [-0.4, -0.2) is 29.5 Å². The Morgan fingerprint density at radius 2 is 2.04 bits per heavy atom. The van der Waals surface area contributed by atoms with E-state index in [2.05, 4.69) is 26.2 Å². The molecular weight excluding hydrogens is 412 g/mol. The predicted molar refractivity (Wildman–Crippen MR) is 105 cm³/mol. The van der Waals surface area contributed by atoms with Crippen molar-refractivity contribution < 1.29 is 14.3 Å². The quantitative estimate of drug-likeness (QED) is 0.496. The zero-order valence-electron chi connectivity index (χ0n) is 14.6. The van der Waals surface area contributed by atoms with Gasteiger partial charge in [0.05, 0.1) is 26.1 Å². The monoisotopic (exact) mass is 426 g/mol. The maximum Gasteiger partial charge on any atom is 0.266 e. The maximum atomic E-state index is 12.5. The van der Waals surface area contributed by atoms with Gasteiger partial charge in [-0.2, -0.15) is 5.26 Å². The Morgan fingerprint density at radius 3 is 2.74 bits per heavy atom. The number of methoxy groups -OCH3 is 2. The third-order valence-corrected chi connectivity index (χ3v) is 4.27. The van der Waals surface area contributed by atoms with E-state index in [1.165, 1.54) is 20.3 Å². The van der Waals surface area contributed by atoms with Gasteiger partial charge in [-0.1, -0.05) is 0 Å². The van der Waals surface area contributed by atoms with E-state index in [-0.39, 0.29) is 5.57 Å². The number of amides is 1. The van der Waals surface area contributed by atoms with Crippen molar-refractivity contribution in [1.29, 1.82) is 5.26 Å². The molecule has 27 heavy (non-hydrogen) atoms. The van der Waals surface area contributed by atoms with E-state index >= 15 is 0 Å². The number of fused-ring (bicyclic) bond motifs is 1. The molecule has 0 fully saturated rings. The molecule has 2 heterocycles. The normalized spacial score (nSPS) is 11.1. The highest BCUT2D eigenvalue weighted by atomic mass is 79.9. The molecule has 0 spiro atoms. The van der Waals surface area contributed by atoms with Crippen molar-refractivity contribution in [2.24, 2.45) is 0 Å². The summed E-state index contributed by atoms with van der Waals surface area (Å²) < 4.78 is 13.0. The summed E-state index contributed by atoms with van der Waals surface area (Å²) >= 11 is 3.40. The molecule has 0 saturated heterocycles. The lowest BCUT2D eigenvalue weighted by Crippen LogP contribution is -2.13. The first-order valence-corrected chi connectivity index (χ1v) is 8.63. The largest absolute Gasteiger partial charge is 0.493 e. The highest BCUT2D eigenvalue weighted by molar-refractivity contribution is 9.10. The Labute approximate surface area is 164 Å². The molecule has 0 saturated carbocycles. The molecule has 0 aliphatic rings. The lowest BCUT2D eigenvalue weighted by molar-refractivity contribution is -0.112. The molecule has 0 radical (unpaired) electrons. The molecule has 3 aromatic rings. The minimum absolute atomic E-state index is 0.0495. The number of halogens is 1. The summed E-state index contributed by atoms with van der Waals surface area (Å²) in [5.74, 6) is 0.488. The molecule has 1 aromatic carbocycles. The second kappa shape index (κ2) is 7.93. The number of benzene rings is 1. The first-order chi connectivity index (χ1) is 13.0. The summed E-state index contributed by atoms with van der Waals surface area (Å²) in [6.45, 7) is 0. The van der Waals surface area contributed by atoms with Crippen LogP contribution in [0.3, 0.4) is 0 Å². The Balaban J connectivity index is 1.89. The van der Waals surface area contributed by atoms with Crippen molar-refractivity contribution in [2.45, 2.75) is 0 Å². The highest BCUT2D eigenvalue weighted by Gasteiger charge is 2.13. The summed E-state index contributed by atoms with van der Waals surface area (Å²) in [4.78, 5) is 16.8. The van der Waals surface area contributed by atoms with Crippen molar-refractivity contribution in [1.82, 2.24) is 9.38 Å². The second-order valence-electron chi connectivity index (χ2n) is 5.45. The molecule has 0 aliphatic heterocycles. The van der Waals surface area contributed by atoms with Crippen LogP contribution in [0.1, 0.15) is 5.69 Å². The number of hydrogen-bond acceptors (Lipinski definition) is 5. The van der Waals surface area contributed by atoms with Crippen molar-refractivity contribution in [3.05, 3.63) is 58.5 Å². The SMILES string of the molecule is COc1ccc(NC(=O)/C(C#N)=C\c2cnc3ccc(Br)cn23)cc1OC. The summed E-state index contributed by atoms with van der Waals surface area (Å²) in [5.41, 5.74) is 1.76. The molecule has 1 amide bonds. The van der Waals surface area contributed by atoms with E-state index in [0.717, 1.165) is 4.47 Å². The van der Waals surface area contributed by atoms with E-state index in [1.807, 2.05) is 24.4 Å². The van der Waals surface area contributed by atoms with Gasteiger partial charge in [-0.25, -0.2) is 4.98 Å². The summed E-state index contributed by atoms with van der Waals surface area (Å²) in [6, 6.07) is 10.6. The molecule has 1 N–H and O–H groups in total. The standard InChI is InChI=1S/C19H15BrN4O3/c1-26-16-5-4-14(8-17(16)27-2)23-19(25)12(9-21)7-15-10-22-18-6-3-13(20)11-24(15)18/h3-8,10-11H,1-2H3,(H,23,25)/b12-7-. The number of nitrogens with zero attached hydrogens (tertiary/aromatic N) is 3. The summed E-state index contributed by atoms with van der Waals surface area (Å²) in [7, 11) is 3.04. The zero-order chi connectivity index (χ0) is 19.4. The minimum Gasteiger partial charge on any atom is -0.493 e. The van der Waals surface area contributed by atoms with Gasteiger partial charge in [0.2, 0.25) is 0 Å². The van der Waals surface area contributed by atoms with E-state index in [4.69, 9.17) is 9.47 Å². The Kier molecular flexibility index (Phi) is 5.43. The van der Waals surface area contributed by atoms with Gasteiger partial charge in [0.1, 0.15) is 17.3 Å². The first kappa shape index (κ1) is 18.5. The topological polar surface area (TPSA) is 88.6 Å². The number of hydrogen-bond donors (Lipinski definition) is 1. The Bertz CT molecular complexity index is 1080. The number of nitrogens with one attached hydrogen (secondary N) is 1. The number of imidazole rings is 1. The fraction of sp³-hybridized carbons (Fsp3) is 0.105. The number of rotatable bonds is 5. The number of carbonyl (C=O) groups is 1. The molecular formula is C19H15BrN4O3. The van der Waals surface area contributed by atoms with Crippen molar-refractivity contribution in [3.8, 4) is 17.6 Å². The lowest BCUT2D eigenvalue weighted by Gasteiger charge is -2.10. The number of pyridine rings is 1. The van der Waals surface area contributed by atoms with Crippen LogP contribution >= 0.6 is 15.9 Å². The van der Waals surface area contributed by atoms with E-state index in [9.17, 15) is 10.1 Å². The number of nitriles is 1. The van der Waals surface area contributed by atoms with Crippen molar-refractivity contribution in [2.75, 3.05) is 19.5 Å². The van der Waals surface area contributed by atoms with Gasteiger partial charge in [-0.3, -0.25) is 9.20 Å². The second-order valence-corrected chi connectivity index (χ2v) is 6.37.